The highest BCUT2D eigenvalue weighted by atomic mass is 79.9. The fourth-order valence-corrected chi connectivity index (χ4v) is 3.16. The zero-order chi connectivity index (χ0) is 16.2. The van der Waals surface area contributed by atoms with Crippen molar-refractivity contribution in [2.45, 2.75) is 37.6 Å². The number of benzene rings is 1. The van der Waals surface area contributed by atoms with Crippen LogP contribution in [-0.4, -0.2) is 38.8 Å². The Morgan fingerprint density at radius 1 is 1.29 bits per heavy atom. The van der Waals surface area contributed by atoms with Gasteiger partial charge in [-0.1, -0.05) is 13.8 Å². The Morgan fingerprint density at radius 2 is 1.86 bits per heavy atom. The molecule has 1 aromatic carbocycles. The van der Waals surface area contributed by atoms with E-state index in [4.69, 9.17) is 0 Å². The lowest BCUT2D eigenvalue weighted by atomic mass is 10.1. The van der Waals surface area contributed by atoms with E-state index in [1.54, 1.807) is 6.07 Å². The highest BCUT2D eigenvalue weighted by Gasteiger charge is 2.21. The van der Waals surface area contributed by atoms with Crippen molar-refractivity contribution in [2.75, 3.05) is 14.1 Å². The molecule has 0 aliphatic rings. The van der Waals surface area contributed by atoms with Gasteiger partial charge in [0.05, 0.1) is 10.5 Å². The number of amides is 1. The van der Waals surface area contributed by atoms with Crippen molar-refractivity contribution in [3.63, 3.8) is 0 Å². The van der Waals surface area contributed by atoms with Gasteiger partial charge in [-0.15, -0.1) is 0 Å². The fourth-order valence-electron chi connectivity index (χ4n) is 1.81. The highest BCUT2D eigenvalue weighted by Crippen LogP contribution is 2.22. The molecule has 0 saturated carbocycles. The molecule has 1 rings (SSSR count). The number of carbonyl (C=O) groups excluding carboxylic acids is 1. The number of carbonyl (C=O) groups is 1. The van der Waals surface area contributed by atoms with Crippen LogP contribution in [0.1, 0.15) is 37.0 Å². The monoisotopic (exact) mass is 376 g/mol. The molecule has 1 N–H and O–H groups in total. The number of rotatable bonds is 6. The van der Waals surface area contributed by atoms with Crippen molar-refractivity contribution in [1.29, 1.82) is 0 Å². The summed E-state index contributed by atoms with van der Waals surface area (Å²) >= 11 is 3.30. The minimum absolute atomic E-state index is 0.0820. The van der Waals surface area contributed by atoms with E-state index < -0.39 is 10.0 Å². The maximum atomic E-state index is 12.3. The molecule has 0 aliphatic carbocycles. The van der Waals surface area contributed by atoms with Crippen LogP contribution in [0.15, 0.2) is 27.6 Å². The topological polar surface area (TPSA) is 66.5 Å². The van der Waals surface area contributed by atoms with Crippen molar-refractivity contribution < 1.29 is 13.2 Å². The van der Waals surface area contributed by atoms with Gasteiger partial charge in [0.25, 0.3) is 5.91 Å². The number of nitrogens with one attached hydrogen (secondary N) is 1. The van der Waals surface area contributed by atoms with Crippen LogP contribution in [-0.2, 0) is 10.0 Å². The van der Waals surface area contributed by atoms with E-state index in [1.165, 1.54) is 26.2 Å². The zero-order valence-corrected chi connectivity index (χ0v) is 15.1. The Balaban J connectivity index is 3.17. The van der Waals surface area contributed by atoms with E-state index in [1.807, 2.05) is 13.8 Å². The summed E-state index contributed by atoms with van der Waals surface area (Å²) in [5, 5.41) is 2.90. The molecule has 0 aromatic heterocycles. The maximum Gasteiger partial charge on any atom is 0.252 e. The first-order chi connectivity index (χ1) is 9.73. The van der Waals surface area contributed by atoms with Crippen LogP contribution in [0.3, 0.4) is 0 Å². The van der Waals surface area contributed by atoms with Crippen molar-refractivity contribution in [2.24, 2.45) is 0 Å². The zero-order valence-electron chi connectivity index (χ0n) is 12.7. The van der Waals surface area contributed by atoms with E-state index in [0.717, 1.165) is 17.1 Å². The number of halogens is 1. The summed E-state index contributed by atoms with van der Waals surface area (Å²) in [5.41, 5.74) is 0.324. The average molecular weight is 377 g/mol. The molecule has 0 unspecified atom stereocenters. The number of sulfonamides is 1. The maximum absolute atomic E-state index is 12.3. The minimum Gasteiger partial charge on any atom is -0.349 e. The third kappa shape index (κ3) is 4.28. The molecular weight excluding hydrogens is 356 g/mol. The molecule has 0 atom stereocenters. The summed E-state index contributed by atoms with van der Waals surface area (Å²) in [4.78, 5) is 12.4. The van der Waals surface area contributed by atoms with Crippen molar-refractivity contribution in [3.8, 4) is 0 Å². The molecular formula is C14H21BrN2O3S. The molecule has 0 bridgehead atoms. The minimum atomic E-state index is -3.56. The summed E-state index contributed by atoms with van der Waals surface area (Å²) in [7, 11) is -0.637. The van der Waals surface area contributed by atoms with Gasteiger partial charge < -0.3 is 5.32 Å². The van der Waals surface area contributed by atoms with Gasteiger partial charge in [0.1, 0.15) is 0 Å². The summed E-state index contributed by atoms with van der Waals surface area (Å²) in [6.45, 7) is 3.99. The molecule has 0 radical (unpaired) electrons. The molecule has 0 spiro atoms. The van der Waals surface area contributed by atoms with E-state index in [2.05, 4.69) is 21.2 Å². The third-order valence-corrected chi connectivity index (χ3v) is 5.78. The molecule has 5 nitrogen and oxygen atoms in total. The summed E-state index contributed by atoms with van der Waals surface area (Å²) in [6, 6.07) is 4.54. The fraction of sp³-hybridized carbons (Fsp3) is 0.500. The SMILES string of the molecule is CCC(CC)NC(=O)c1cc(S(=O)(=O)N(C)C)ccc1Br. The highest BCUT2D eigenvalue weighted by molar-refractivity contribution is 9.10. The second kappa shape index (κ2) is 7.38. The van der Waals surface area contributed by atoms with Gasteiger partial charge >= 0.3 is 0 Å². The first kappa shape index (κ1) is 18.1. The molecule has 1 aromatic rings. The largest absolute Gasteiger partial charge is 0.349 e. The summed E-state index contributed by atoms with van der Waals surface area (Å²) < 4.78 is 26.0. The van der Waals surface area contributed by atoms with E-state index >= 15 is 0 Å². The van der Waals surface area contributed by atoms with E-state index in [9.17, 15) is 13.2 Å². The van der Waals surface area contributed by atoms with Gasteiger partial charge in [0.15, 0.2) is 0 Å². The lowest BCUT2D eigenvalue weighted by Gasteiger charge is -2.17. The van der Waals surface area contributed by atoms with Crippen LogP contribution < -0.4 is 5.32 Å². The lowest BCUT2D eigenvalue weighted by molar-refractivity contribution is 0.0934. The van der Waals surface area contributed by atoms with Crippen molar-refractivity contribution in [1.82, 2.24) is 9.62 Å². The smallest absolute Gasteiger partial charge is 0.252 e. The van der Waals surface area contributed by atoms with Gasteiger partial charge in [0.2, 0.25) is 10.0 Å². The number of nitrogens with zero attached hydrogens (tertiary/aromatic N) is 1. The van der Waals surface area contributed by atoms with Gasteiger partial charge in [0, 0.05) is 24.6 Å². The van der Waals surface area contributed by atoms with Gasteiger partial charge in [-0.3, -0.25) is 4.79 Å². The number of hydrogen-bond acceptors (Lipinski definition) is 3. The van der Waals surface area contributed by atoms with Crippen LogP contribution in [0.4, 0.5) is 0 Å². The van der Waals surface area contributed by atoms with Gasteiger partial charge in [-0.2, -0.15) is 0 Å². The molecule has 0 heterocycles. The standard InChI is InChI=1S/C14H21BrN2O3S/c1-5-10(6-2)16-14(18)12-9-11(7-8-13(12)15)21(19,20)17(3)4/h7-10H,5-6H2,1-4H3,(H,16,18). The predicted molar refractivity (Wildman–Crippen MR) is 86.9 cm³/mol. The Labute approximate surface area is 134 Å². The number of hydrogen-bond donors (Lipinski definition) is 1. The summed E-state index contributed by atoms with van der Waals surface area (Å²) in [6.07, 6.45) is 1.66. The lowest BCUT2D eigenvalue weighted by Crippen LogP contribution is -2.34. The Bertz CT molecular complexity index is 611. The van der Waals surface area contributed by atoms with Crippen LogP contribution in [0, 0.1) is 0 Å². The molecule has 1 amide bonds. The molecule has 118 valence electrons. The summed E-state index contributed by atoms with van der Waals surface area (Å²) in [5.74, 6) is -0.272. The molecule has 0 saturated heterocycles. The molecule has 0 fully saturated rings. The van der Waals surface area contributed by atoms with Crippen LogP contribution in [0.2, 0.25) is 0 Å². The van der Waals surface area contributed by atoms with E-state index in [-0.39, 0.29) is 16.8 Å². The molecule has 0 aliphatic heterocycles. The van der Waals surface area contributed by atoms with Crippen LogP contribution in [0.25, 0.3) is 0 Å². The van der Waals surface area contributed by atoms with Crippen molar-refractivity contribution >= 4 is 31.9 Å². The first-order valence-electron chi connectivity index (χ1n) is 6.76. The van der Waals surface area contributed by atoms with Crippen LogP contribution in [0.5, 0.6) is 0 Å². The normalized spacial score (nSPS) is 12.0. The molecule has 21 heavy (non-hydrogen) atoms. The van der Waals surface area contributed by atoms with Crippen LogP contribution >= 0.6 is 15.9 Å². The Hall–Kier alpha value is -0.920. The second-order valence-corrected chi connectivity index (χ2v) is 7.92. The first-order valence-corrected chi connectivity index (χ1v) is 9.00. The molecule has 7 heteroatoms. The quantitative estimate of drug-likeness (QED) is 0.829. The Morgan fingerprint density at radius 3 is 2.33 bits per heavy atom. The van der Waals surface area contributed by atoms with Crippen molar-refractivity contribution in [3.05, 3.63) is 28.2 Å². The third-order valence-electron chi connectivity index (χ3n) is 3.28. The van der Waals surface area contributed by atoms with Gasteiger partial charge in [-0.05, 0) is 47.0 Å². The van der Waals surface area contributed by atoms with Gasteiger partial charge in [-0.25, -0.2) is 12.7 Å². The average Bonchev–Trinajstić information content (AvgIpc) is 2.44. The van der Waals surface area contributed by atoms with E-state index in [0.29, 0.717) is 10.0 Å². The predicted octanol–water partition coefficient (Wildman–Crippen LogP) is 2.62. The Kier molecular flexibility index (Phi) is 6.37. The second-order valence-electron chi connectivity index (χ2n) is 4.92.